The number of benzene rings is 1. The molecule has 0 atom stereocenters. The first-order valence-electron chi connectivity index (χ1n) is 5.80. The third-order valence-electron chi connectivity index (χ3n) is 2.94. The molecule has 0 spiro atoms. The van der Waals surface area contributed by atoms with E-state index in [2.05, 4.69) is 27.4 Å². The van der Waals surface area contributed by atoms with Crippen LogP contribution in [0.2, 0.25) is 0 Å². The van der Waals surface area contributed by atoms with E-state index in [4.69, 9.17) is 9.84 Å². The Kier molecular flexibility index (Phi) is 3.85. The molecule has 0 bridgehead atoms. The molecular weight excluding hydrogens is 228 g/mol. The van der Waals surface area contributed by atoms with Gasteiger partial charge in [0, 0.05) is 5.56 Å². The molecule has 0 unspecified atom stereocenters. The van der Waals surface area contributed by atoms with Crippen molar-refractivity contribution in [3.05, 3.63) is 35.4 Å². The van der Waals surface area contributed by atoms with Crippen molar-refractivity contribution < 1.29 is 14.6 Å². The van der Waals surface area contributed by atoms with E-state index in [0.29, 0.717) is 5.56 Å². The number of carboxylic acids is 1. The maximum atomic E-state index is 11.0. The van der Waals surface area contributed by atoms with Crippen LogP contribution in [0.1, 0.15) is 37.5 Å². The SMILES string of the molecule is C=C(C(=O)O)c1cc(C(C)(C)C)c(OC)cc1C. The number of aryl methyl sites for hydroxylation is 1. The fourth-order valence-electron chi connectivity index (χ4n) is 1.88. The second kappa shape index (κ2) is 4.84. The van der Waals surface area contributed by atoms with Gasteiger partial charge < -0.3 is 9.84 Å². The lowest BCUT2D eigenvalue weighted by molar-refractivity contribution is -0.130. The molecule has 0 aliphatic rings. The van der Waals surface area contributed by atoms with Gasteiger partial charge in [-0.15, -0.1) is 0 Å². The van der Waals surface area contributed by atoms with Crippen molar-refractivity contribution in [1.29, 1.82) is 0 Å². The zero-order valence-corrected chi connectivity index (χ0v) is 11.6. The van der Waals surface area contributed by atoms with E-state index >= 15 is 0 Å². The first kappa shape index (κ1) is 14.3. The molecule has 0 saturated heterocycles. The summed E-state index contributed by atoms with van der Waals surface area (Å²) in [6.07, 6.45) is 0. The molecule has 1 aromatic carbocycles. The van der Waals surface area contributed by atoms with Crippen LogP contribution in [0.15, 0.2) is 18.7 Å². The Morgan fingerprint density at radius 1 is 1.33 bits per heavy atom. The molecule has 3 heteroatoms. The molecule has 18 heavy (non-hydrogen) atoms. The van der Waals surface area contributed by atoms with Gasteiger partial charge >= 0.3 is 5.97 Å². The number of carbonyl (C=O) groups is 1. The highest BCUT2D eigenvalue weighted by atomic mass is 16.5. The summed E-state index contributed by atoms with van der Waals surface area (Å²) in [7, 11) is 1.62. The van der Waals surface area contributed by atoms with Crippen molar-refractivity contribution in [1.82, 2.24) is 0 Å². The number of methoxy groups -OCH3 is 1. The molecule has 98 valence electrons. The van der Waals surface area contributed by atoms with Gasteiger partial charge in [-0.2, -0.15) is 0 Å². The second-order valence-electron chi connectivity index (χ2n) is 5.40. The Balaban J connectivity index is 3.49. The van der Waals surface area contributed by atoms with Gasteiger partial charge in [0.1, 0.15) is 5.75 Å². The molecule has 1 rings (SSSR count). The molecule has 0 radical (unpaired) electrons. The summed E-state index contributed by atoms with van der Waals surface area (Å²) in [6.45, 7) is 11.7. The van der Waals surface area contributed by atoms with Crippen molar-refractivity contribution in [3.63, 3.8) is 0 Å². The molecule has 0 aliphatic heterocycles. The summed E-state index contributed by atoms with van der Waals surface area (Å²) < 4.78 is 5.37. The zero-order chi connectivity index (χ0) is 14.1. The highest BCUT2D eigenvalue weighted by Crippen LogP contribution is 2.35. The van der Waals surface area contributed by atoms with E-state index in [1.165, 1.54) is 0 Å². The van der Waals surface area contributed by atoms with Gasteiger partial charge in [-0.3, -0.25) is 0 Å². The average Bonchev–Trinajstić information content (AvgIpc) is 2.25. The van der Waals surface area contributed by atoms with Crippen molar-refractivity contribution in [3.8, 4) is 5.75 Å². The van der Waals surface area contributed by atoms with E-state index in [1.807, 2.05) is 19.1 Å². The monoisotopic (exact) mass is 248 g/mol. The Labute approximate surface area is 108 Å². The van der Waals surface area contributed by atoms with E-state index in [1.54, 1.807) is 7.11 Å². The minimum absolute atomic E-state index is 0.112. The van der Waals surface area contributed by atoms with Gasteiger partial charge in [0.05, 0.1) is 12.7 Å². The van der Waals surface area contributed by atoms with Crippen LogP contribution in [-0.4, -0.2) is 18.2 Å². The molecular formula is C15H20O3. The van der Waals surface area contributed by atoms with Crippen LogP contribution in [0.5, 0.6) is 5.75 Å². The molecule has 1 aromatic rings. The predicted octanol–water partition coefficient (Wildman–Crippen LogP) is 3.40. The molecule has 0 amide bonds. The normalized spacial score (nSPS) is 11.2. The number of rotatable bonds is 3. The number of hydrogen-bond donors (Lipinski definition) is 1. The van der Waals surface area contributed by atoms with E-state index < -0.39 is 5.97 Å². The van der Waals surface area contributed by atoms with Gasteiger partial charge in [0.15, 0.2) is 0 Å². The van der Waals surface area contributed by atoms with Gasteiger partial charge in [-0.25, -0.2) is 4.79 Å². The minimum atomic E-state index is -0.997. The summed E-state index contributed by atoms with van der Waals surface area (Å²) in [6, 6.07) is 3.73. The molecule has 0 heterocycles. The van der Waals surface area contributed by atoms with Crippen molar-refractivity contribution in [2.75, 3.05) is 7.11 Å². The minimum Gasteiger partial charge on any atom is -0.496 e. The lowest BCUT2D eigenvalue weighted by Gasteiger charge is -2.24. The standard InChI is InChI=1S/C15H20O3/c1-9-7-13(18-6)12(15(3,4)5)8-11(9)10(2)14(16)17/h7-8H,2H2,1,3-6H3,(H,16,17). The Morgan fingerprint density at radius 2 is 1.89 bits per heavy atom. The first-order chi connectivity index (χ1) is 8.18. The van der Waals surface area contributed by atoms with Crippen molar-refractivity contribution in [2.45, 2.75) is 33.1 Å². The topological polar surface area (TPSA) is 46.5 Å². The largest absolute Gasteiger partial charge is 0.496 e. The zero-order valence-electron chi connectivity index (χ0n) is 11.6. The Hall–Kier alpha value is -1.77. The smallest absolute Gasteiger partial charge is 0.335 e. The highest BCUT2D eigenvalue weighted by Gasteiger charge is 2.22. The van der Waals surface area contributed by atoms with Crippen LogP contribution in [0.3, 0.4) is 0 Å². The summed E-state index contributed by atoms with van der Waals surface area (Å²) >= 11 is 0. The lowest BCUT2D eigenvalue weighted by Crippen LogP contribution is -2.14. The Morgan fingerprint density at radius 3 is 2.28 bits per heavy atom. The van der Waals surface area contributed by atoms with Gasteiger partial charge in [-0.1, -0.05) is 27.4 Å². The number of aliphatic carboxylic acids is 1. The molecule has 0 saturated carbocycles. The van der Waals surface area contributed by atoms with Crippen LogP contribution >= 0.6 is 0 Å². The molecule has 0 aliphatic carbocycles. The average molecular weight is 248 g/mol. The maximum Gasteiger partial charge on any atom is 0.335 e. The quantitative estimate of drug-likeness (QED) is 0.834. The molecule has 1 N–H and O–H groups in total. The van der Waals surface area contributed by atoms with Crippen LogP contribution in [0.4, 0.5) is 0 Å². The van der Waals surface area contributed by atoms with Crippen molar-refractivity contribution in [2.24, 2.45) is 0 Å². The van der Waals surface area contributed by atoms with Crippen LogP contribution in [0, 0.1) is 6.92 Å². The second-order valence-corrected chi connectivity index (χ2v) is 5.40. The highest BCUT2D eigenvalue weighted by molar-refractivity contribution is 6.15. The molecule has 0 fully saturated rings. The number of carboxylic acid groups (broad SMARTS) is 1. The first-order valence-corrected chi connectivity index (χ1v) is 5.80. The predicted molar refractivity (Wildman–Crippen MR) is 73.1 cm³/mol. The third kappa shape index (κ3) is 2.73. The fraction of sp³-hybridized carbons (Fsp3) is 0.400. The van der Waals surface area contributed by atoms with Gasteiger partial charge in [-0.05, 0) is 35.6 Å². The molecule has 3 nitrogen and oxygen atoms in total. The van der Waals surface area contributed by atoms with Crippen molar-refractivity contribution >= 4 is 11.5 Å². The summed E-state index contributed by atoms with van der Waals surface area (Å²) in [5, 5.41) is 9.05. The molecule has 0 aromatic heterocycles. The van der Waals surface area contributed by atoms with Gasteiger partial charge in [0.2, 0.25) is 0 Å². The van der Waals surface area contributed by atoms with Crippen LogP contribution < -0.4 is 4.74 Å². The van der Waals surface area contributed by atoms with E-state index in [9.17, 15) is 4.79 Å². The lowest BCUT2D eigenvalue weighted by atomic mass is 9.83. The fourth-order valence-corrected chi connectivity index (χ4v) is 1.88. The van der Waals surface area contributed by atoms with E-state index in [0.717, 1.165) is 16.9 Å². The summed E-state index contributed by atoms with van der Waals surface area (Å²) in [5.41, 5.74) is 2.49. The number of hydrogen-bond acceptors (Lipinski definition) is 2. The Bertz CT molecular complexity index is 493. The van der Waals surface area contributed by atoms with Gasteiger partial charge in [0.25, 0.3) is 0 Å². The summed E-state index contributed by atoms with van der Waals surface area (Å²) in [5.74, 6) is -0.218. The van der Waals surface area contributed by atoms with Crippen LogP contribution in [-0.2, 0) is 10.2 Å². The summed E-state index contributed by atoms with van der Waals surface area (Å²) in [4.78, 5) is 11.0. The number of ether oxygens (including phenoxy) is 1. The van der Waals surface area contributed by atoms with Crippen LogP contribution in [0.25, 0.3) is 5.57 Å². The van der Waals surface area contributed by atoms with E-state index in [-0.39, 0.29) is 11.0 Å². The third-order valence-corrected chi connectivity index (χ3v) is 2.94. The maximum absolute atomic E-state index is 11.0.